The summed E-state index contributed by atoms with van der Waals surface area (Å²) in [7, 11) is 0. The molecule has 21 heavy (non-hydrogen) atoms. The Kier molecular flexibility index (Phi) is 5.10. The van der Waals surface area contributed by atoms with E-state index in [1.807, 2.05) is 0 Å². The Balaban J connectivity index is 2.31. The van der Waals surface area contributed by atoms with Gasteiger partial charge < -0.3 is 10.2 Å². The first-order chi connectivity index (χ1) is 9.99. The van der Waals surface area contributed by atoms with Crippen LogP contribution in [0.25, 0.3) is 5.57 Å². The average molecular weight is 286 g/mol. The van der Waals surface area contributed by atoms with Gasteiger partial charge in [0.15, 0.2) is 0 Å². The van der Waals surface area contributed by atoms with Gasteiger partial charge in [0.25, 0.3) is 0 Å². The topological polar surface area (TPSA) is 15.3 Å². The van der Waals surface area contributed by atoms with E-state index in [4.69, 9.17) is 0 Å². The molecule has 1 N–H and O–H groups in total. The quantitative estimate of drug-likeness (QED) is 0.769. The minimum absolute atomic E-state index is 0.106. The lowest BCUT2D eigenvalue weighted by Gasteiger charge is -2.43. The number of nitrogens with one attached hydrogen (secondary N) is 1. The van der Waals surface area contributed by atoms with Crippen molar-refractivity contribution in [2.45, 2.75) is 59.5 Å². The highest BCUT2D eigenvalue weighted by atomic mass is 15.2. The fourth-order valence-electron chi connectivity index (χ4n) is 3.28. The van der Waals surface area contributed by atoms with Gasteiger partial charge in [0.2, 0.25) is 0 Å². The van der Waals surface area contributed by atoms with Crippen molar-refractivity contribution in [3.63, 3.8) is 0 Å². The second-order valence-corrected chi connectivity index (χ2v) is 6.66. The Morgan fingerprint density at radius 2 is 1.90 bits per heavy atom. The molecule has 0 atom stereocenters. The van der Waals surface area contributed by atoms with Crippen LogP contribution in [0.2, 0.25) is 0 Å². The van der Waals surface area contributed by atoms with Gasteiger partial charge >= 0.3 is 0 Å². The monoisotopic (exact) mass is 286 g/mol. The molecule has 2 rings (SSSR count). The number of rotatable bonds is 6. The number of nitrogens with zero attached hydrogens (tertiary/aromatic N) is 1. The first-order valence-corrected chi connectivity index (χ1v) is 8.30. The zero-order valence-corrected chi connectivity index (χ0v) is 14.3. The number of hydrogen-bond donors (Lipinski definition) is 1. The highest BCUT2D eigenvalue weighted by Gasteiger charge is 2.30. The lowest BCUT2D eigenvalue weighted by atomic mass is 9.88. The van der Waals surface area contributed by atoms with E-state index in [0.29, 0.717) is 0 Å². The molecule has 0 saturated heterocycles. The van der Waals surface area contributed by atoms with Crippen molar-refractivity contribution >= 4 is 11.3 Å². The molecule has 0 aromatic heterocycles. The summed E-state index contributed by atoms with van der Waals surface area (Å²) < 4.78 is 0. The summed E-state index contributed by atoms with van der Waals surface area (Å²) in [6.45, 7) is 14.5. The molecule has 1 heterocycles. The Hall–Kier alpha value is -1.28. The van der Waals surface area contributed by atoms with E-state index in [2.05, 4.69) is 69.1 Å². The number of hydrogen-bond acceptors (Lipinski definition) is 2. The Bertz CT molecular complexity index is 514. The molecule has 0 fully saturated rings. The summed E-state index contributed by atoms with van der Waals surface area (Å²) in [6, 6.07) is 6.95. The molecule has 2 nitrogen and oxygen atoms in total. The summed E-state index contributed by atoms with van der Waals surface area (Å²) in [4.78, 5) is 2.54. The predicted octanol–water partition coefficient (Wildman–Crippen LogP) is 4.60. The molecule has 1 aliphatic rings. The smallest absolute Gasteiger partial charge is 0.0534 e. The van der Waals surface area contributed by atoms with E-state index in [-0.39, 0.29) is 5.54 Å². The van der Waals surface area contributed by atoms with E-state index < -0.39 is 0 Å². The molecule has 2 heteroatoms. The molecule has 0 radical (unpaired) electrons. The zero-order chi connectivity index (χ0) is 15.5. The van der Waals surface area contributed by atoms with Crippen LogP contribution in [-0.2, 0) is 6.54 Å². The highest BCUT2D eigenvalue weighted by molar-refractivity contribution is 5.81. The maximum Gasteiger partial charge on any atom is 0.0534 e. The summed E-state index contributed by atoms with van der Waals surface area (Å²) in [5, 5.41) is 3.49. The summed E-state index contributed by atoms with van der Waals surface area (Å²) in [6.07, 6.45) is 4.77. The molecule has 1 aromatic carbocycles. The number of benzene rings is 1. The van der Waals surface area contributed by atoms with Crippen LogP contribution in [0.5, 0.6) is 0 Å². The summed E-state index contributed by atoms with van der Waals surface area (Å²) in [5.41, 5.74) is 5.68. The van der Waals surface area contributed by atoms with Crippen LogP contribution in [0.4, 0.5) is 5.69 Å². The van der Waals surface area contributed by atoms with Gasteiger partial charge in [-0.2, -0.15) is 0 Å². The molecular weight excluding hydrogens is 256 g/mol. The summed E-state index contributed by atoms with van der Waals surface area (Å²) in [5.74, 6) is 0. The van der Waals surface area contributed by atoms with E-state index in [1.165, 1.54) is 35.2 Å². The number of fused-ring (bicyclic) bond motifs is 1. The Morgan fingerprint density at radius 3 is 2.57 bits per heavy atom. The molecule has 0 amide bonds. The minimum Gasteiger partial charge on any atom is -0.362 e. The molecule has 0 bridgehead atoms. The highest BCUT2D eigenvalue weighted by Crippen LogP contribution is 2.39. The van der Waals surface area contributed by atoms with Crippen LogP contribution < -0.4 is 10.2 Å². The molecule has 0 unspecified atom stereocenters. The minimum atomic E-state index is 0.106. The van der Waals surface area contributed by atoms with Crippen molar-refractivity contribution in [1.82, 2.24) is 5.32 Å². The van der Waals surface area contributed by atoms with Gasteiger partial charge in [0.1, 0.15) is 0 Å². The summed E-state index contributed by atoms with van der Waals surface area (Å²) >= 11 is 0. The van der Waals surface area contributed by atoms with Gasteiger partial charge in [-0.3, -0.25) is 0 Å². The SMILES string of the molecule is CCCNCc1ccc2c(c1)C(C)=CC(C)(C)N2CCC. The largest absolute Gasteiger partial charge is 0.362 e. The second-order valence-electron chi connectivity index (χ2n) is 6.66. The third-order valence-corrected chi connectivity index (χ3v) is 4.25. The fourth-order valence-corrected chi connectivity index (χ4v) is 3.28. The van der Waals surface area contributed by atoms with Crippen LogP contribution >= 0.6 is 0 Å². The zero-order valence-electron chi connectivity index (χ0n) is 14.3. The maximum atomic E-state index is 3.49. The lowest BCUT2D eigenvalue weighted by molar-refractivity contribution is 0.550. The lowest BCUT2D eigenvalue weighted by Crippen LogP contribution is -2.45. The van der Waals surface area contributed by atoms with E-state index >= 15 is 0 Å². The fraction of sp³-hybridized carbons (Fsp3) is 0.579. The van der Waals surface area contributed by atoms with Crippen molar-refractivity contribution in [1.29, 1.82) is 0 Å². The van der Waals surface area contributed by atoms with Crippen LogP contribution in [0, 0.1) is 0 Å². The molecule has 116 valence electrons. The van der Waals surface area contributed by atoms with Gasteiger partial charge in [-0.15, -0.1) is 0 Å². The predicted molar refractivity (Wildman–Crippen MR) is 93.8 cm³/mol. The molecular formula is C19H30N2. The van der Waals surface area contributed by atoms with E-state index in [1.54, 1.807) is 0 Å². The third-order valence-electron chi connectivity index (χ3n) is 4.25. The molecule has 0 aliphatic carbocycles. The number of allylic oxidation sites excluding steroid dienone is 1. The average Bonchev–Trinajstić information content (AvgIpc) is 2.43. The van der Waals surface area contributed by atoms with Crippen molar-refractivity contribution in [2.24, 2.45) is 0 Å². The number of anilines is 1. The first-order valence-electron chi connectivity index (χ1n) is 8.30. The Labute approximate surface area is 130 Å². The van der Waals surface area contributed by atoms with Crippen LogP contribution in [0.1, 0.15) is 58.6 Å². The molecule has 1 aliphatic heterocycles. The third kappa shape index (κ3) is 3.49. The van der Waals surface area contributed by atoms with Crippen molar-refractivity contribution < 1.29 is 0 Å². The van der Waals surface area contributed by atoms with Crippen LogP contribution in [-0.4, -0.2) is 18.6 Å². The molecule has 0 spiro atoms. The van der Waals surface area contributed by atoms with Gasteiger partial charge in [-0.25, -0.2) is 0 Å². The van der Waals surface area contributed by atoms with Crippen LogP contribution in [0.3, 0.4) is 0 Å². The standard InChI is InChI=1S/C19H30N2/c1-6-10-20-14-16-8-9-18-17(12-16)15(3)13-19(4,5)21(18)11-7-2/h8-9,12-13,20H,6-7,10-11,14H2,1-5H3. The van der Waals surface area contributed by atoms with Gasteiger partial charge in [0, 0.05) is 24.3 Å². The van der Waals surface area contributed by atoms with Crippen molar-refractivity contribution in [3.8, 4) is 0 Å². The van der Waals surface area contributed by atoms with Gasteiger partial charge in [-0.1, -0.05) is 26.0 Å². The molecule has 1 aromatic rings. The van der Waals surface area contributed by atoms with Gasteiger partial charge in [-0.05, 0) is 63.4 Å². The second kappa shape index (κ2) is 6.65. The Morgan fingerprint density at radius 1 is 1.14 bits per heavy atom. The van der Waals surface area contributed by atoms with Crippen molar-refractivity contribution in [3.05, 3.63) is 35.4 Å². The van der Waals surface area contributed by atoms with Gasteiger partial charge in [0.05, 0.1) is 5.54 Å². The van der Waals surface area contributed by atoms with Crippen molar-refractivity contribution in [2.75, 3.05) is 18.0 Å². The molecule has 0 saturated carbocycles. The van der Waals surface area contributed by atoms with E-state index in [0.717, 1.165) is 19.6 Å². The maximum absolute atomic E-state index is 3.49. The normalized spacial score (nSPS) is 16.6. The van der Waals surface area contributed by atoms with Crippen LogP contribution in [0.15, 0.2) is 24.3 Å². The van der Waals surface area contributed by atoms with E-state index in [9.17, 15) is 0 Å². The first kappa shape index (κ1) is 16.1.